The predicted molar refractivity (Wildman–Crippen MR) is 93.2 cm³/mol. The van der Waals surface area contributed by atoms with Gasteiger partial charge in [-0.3, -0.25) is 0 Å². The average Bonchev–Trinajstić information content (AvgIpc) is 3.11. The predicted octanol–water partition coefficient (Wildman–Crippen LogP) is 5.97. The molecule has 2 heterocycles. The molecule has 2 aromatic carbocycles. The molecular weight excluding hydrogens is 368 g/mol. The molecule has 3 aromatic rings. The summed E-state index contributed by atoms with van der Waals surface area (Å²) in [5, 5.41) is 4.28. The maximum Gasteiger partial charge on any atom is 0.127 e. The molecule has 0 aliphatic carbocycles. The van der Waals surface area contributed by atoms with Crippen LogP contribution in [0.15, 0.2) is 41.8 Å². The molecule has 4 heteroatoms. The van der Waals surface area contributed by atoms with E-state index in [1.165, 1.54) is 21.2 Å². The fraction of sp³-hybridized carbons (Fsp3) is 0.176. The molecule has 1 unspecified atom stereocenters. The number of rotatable bonds is 2. The van der Waals surface area contributed by atoms with E-state index < -0.39 is 0 Å². The van der Waals surface area contributed by atoms with Gasteiger partial charge in [-0.15, -0.1) is 11.3 Å². The Morgan fingerprint density at radius 3 is 2.95 bits per heavy atom. The molecule has 0 saturated heterocycles. The van der Waals surface area contributed by atoms with Crippen molar-refractivity contribution >= 4 is 49.0 Å². The lowest BCUT2D eigenvalue weighted by Gasteiger charge is -2.14. The van der Waals surface area contributed by atoms with Gasteiger partial charge >= 0.3 is 0 Å². The zero-order valence-electron chi connectivity index (χ0n) is 11.1. The van der Waals surface area contributed by atoms with Crippen molar-refractivity contribution in [3.8, 4) is 5.75 Å². The van der Waals surface area contributed by atoms with Gasteiger partial charge in [-0.1, -0.05) is 45.7 Å². The molecule has 0 bridgehead atoms. The Labute approximate surface area is 140 Å². The lowest BCUT2D eigenvalue weighted by Crippen LogP contribution is -1.96. The van der Waals surface area contributed by atoms with Crippen LogP contribution >= 0.6 is 38.9 Å². The van der Waals surface area contributed by atoms with Gasteiger partial charge in [0, 0.05) is 21.7 Å². The molecule has 1 nitrogen and oxygen atoms in total. The van der Waals surface area contributed by atoms with E-state index >= 15 is 0 Å². The first kappa shape index (κ1) is 13.6. The van der Waals surface area contributed by atoms with Crippen LogP contribution < -0.4 is 4.74 Å². The highest BCUT2D eigenvalue weighted by atomic mass is 79.9. The van der Waals surface area contributed by atoms with Gasteiger partial charge in [0.25, 0.3) is 0 Å². The molecule has 1 aliphatic heterocycles. The summed E-state index contributed by atoms with van der Waals surface area (Å²) >= 11 is 11.9. The van der Waals surface area contributed by atoms with Crippen LogP contribution in [0.4, 0.5) is 0 Å². The van der Waals surface area contributed by atoms with Crippen LogP contribution in [0.5, 0.6) is 5.75 Å². The lowest BCUT2D eigenvalue weighted by atomic mass is 10.0. The molecule has 4 rings (SSSR count). The number of fused-ring (bicyclic) bond motifs is 2. The number of benzene rings is 2. The van der Waals surface area contributed by atoms with Crippen molar-refractivity contribution in [1.29, 1.82) is 0 Å². The average molecular weight is 380 g/mol. The molecule has 0 fully saturated rings. The third-order valence-corrected chi connectivity index (χ3v) is 6.02. The van der Waals surface area contributed by atoms with Crippen LogP contribution in [0.3, 0.4) is 0 Å². The fourth-order valence-electron chi connectivity index (χ4n) is 2.85. The first-order chi connectivity index (χ1) is 10.2. The summed E-state index contributed by atoms with van der Waals surface area (Å²) in [6.07, 6.45) is 0.937. The number of hydrogen-bond acceptors (Lipinski definition) is 2. The Bertz CT molecular complexity index is 827. The minimum absolute atomic E-state index is 0.0965. The highest BCUT2D eigenvalue weighted by molar-refractivity contribution is 9.09. The summed E-state index contributed by atoms with van der Waals surface area (Å²) in [4.78, 5) is 0.0965. The van der Waals surface area contributed by atoms with E-state index in [4.69, 9.17) is 16.3 Å². The topological polar surface area (TPSA) is 9.23 Å². The Balaban J connectivity index is 1.87. The van der Waals surface area contributed by atoms with E-state index in [2.05, 4.69) is 45.6 Å². The minimum atomic E-state index is 0.0965. The zero-order valence-corrected chi connectivity index (χ0v) is 14.3. The van der Waals surface area contributed by atoms with E-state index in [1.54, 1.807) is 11.3 Å². The molecule has 1 aliphatic rings. The summed E-state index contributed by atoms with van der Waals surface area (Å²) in [5.74, 6) is 0.997. The Hall–Kier alpha value is -1.03. The van der Waals surface area contributed by atoms with Crippen molar-refractivity contribution in [1.82, 2.24) is 0 Å². The van der Waals surface area contributed by atoms with Gasteiger partial charge in [-0.2, -0.15) is 0 Å². The molecule has 106 valence electrons. The van der Waals surface area contributed by atoms with Gasteiger partial charge < -0.3 is 4.74 Å². The van der Waals surface area contributed by atoms with Crippen LogP contribution in [0.2, 0.25) is 5.02 Å². The molecule has 1 aromatic heterocycles. The molecule has 0 N–H and O–H groups in total. The molecule has 0 spiro atoms. The van der Waals surface area contributed by atoms with Gasteiger partial charge in [0.15, 0.2) is 0 Å². The number of alkyl halides is 1. The third kappa shape index (κ3) is 2.28. The van der Waals surface area contributed by atoms with Crippen molar-refractivity contribution in [3.63, 3.8) is 0 Å². The summed E-state index contributed by atoms with van der Waals surface area (Å²) in [6, 6.07) is 12.5. The van der Waals surface area contributed by atoms with Crippen molar-refractivity contribution < 1.29 is 4.74 Å². The first-order valence-electron chi connectivity index (χ1n) is 6.79. The second kappa shape index (κ2) is 5.31. The Kier molecular flexibility index (Phi) is 3.44. The van der Waals surface area contributed by atoms with Crippen LogP contribution in [0.25, 0.3) is 10.1 Å². The minimum Gasteiger partial charge on any atom is -0.493 e. The smallest absolute Gasteiger partial charge is 0.127 e. The van der Waals surface area contributed by atoms with Crippen molar-refractivity contribution in [3.05, 3.63) is 63.5 Å². The van der Waals surface area contributed by atoms with Gasteiger partial charge in [0.2, 0.25) is 0 Å². The van der Waals surface area contributed by atoms with E-state index in [0.717, 1.165) is 29.4 Å². The summed E-state index contributed by atoms with van der Waals surface area (Å²) < 4.78 is 7.13. The fourth-order valence-corrected chi connectivity index (χ4v) is 4.98. The van der Waals surface area contributed by atoms with Crippen molar-refractivity contribution in [2.75, 3.05) is 6.61 Å². The quantitative estimate of drug-likeness (QED) is 0.498. The maximum absolute atomic E-state index is 6.28. The van der Waals surface area contributed by atoms with Crippen molar-refractivity contribution in [2.24, 2.45) is 0 Å². The maximum atomic E-state index is 6.28. The van der Waals surface area contributed by atoms with E-state index in [0.29, 0.717) is 0 Å². The molecular formula is C17H12BrClOS. The largest absolute Gasteiger partial charge is 0.493 e. The van der Waals surface area contributed by atoms with Gasteiger partial charge in [-0.25, -0.2) is 0 Å². The second-order valence-electron chi connectivity index (χ2n) is 5.13. The third-order valence-electron chi connectivity index (χ3n) is 3.83. The zero-order chi connectivity index (χ0) is 14.4. The van der Waals surface area contributed by atoms with Crippen LogP contribution in [0.1, 0.15) is 21.5 Å². The first-order valence-corrected chi connectivity index (χ1v) is 8.96. The van der Waals surface area contributed by atoms with Crippen LogP contribution in [-0.2, 0) is 6.42 Å². The monoisotopic (exact) mass is 378 g/mol. The van der Waals surface area contributed by atoms with Crippen LogP contribution in [0, 0.1) is 0 Å². The van der Waals surface area contributed by atoms with Gasteiger partial charge in [0.1, 0.15) is 5.75 Å². The van der Waals surface area contributed by atoms with Crippen LogP contribution in [-0.4, -0.2) is 6.61 Å². The molecule has 1 atom stereocenters. The Morgan fingerprint density at radius 2 is 2.05 bits per heavy atom. The number of ether oxygens (including phenoxy) is 1. The highest BCUT2D eigenvalue weighted by Crippen LogP contribution is 2.45. The normalized spacial score (nSPS) is 15.0. The molecule has 21 heavy (non-hydrogen) atoms. The molecule has 0 radical (unpaired) electrons. The number of hydrogen-bond donors (Lipinski definition) is 0. The summed E-state index contributed by atoms with van der Waals surface area (Å²) in [5.41, 5.74) is 3.61. The van der Waals surface area contributed by atoms with Crippen molar-refractivity contribution in [2.45, 2.75) is 11.2 Å². The Morgan fingerprint density at radius 1 is 1.19 bits per heavy atom. The second-order valence-corrected chi connectivity index (χ2v) is 7.39. The van der Waals surface area contributed by atoms with E-state index in [1.807, 2.05) is 12.1 Å². The van der Waals surface area contributed by atoms with Gasteiger partial charge in [0.05, 0.1) is 11.4 Å². The lowest BCUT2D eigenvalue weighted by molar-refractivity contribution is 0.354. The van der Waals surface area contributed by atoms with Gasteiger partial charge in [-0.05, 0) is 40.1 Å². The summed E-state index contributed by atoms with van der Waals surface area (Å²) in [6.45, 7) is 0.743. The van der Waals surface area contributed by atoms with E-state index in [9.17, 15) is 0 Å². The molecule has 0 amide bonds. The standard InChI is InChI=1S/C17H12BrClOS/c18-16(14-9-21-15-4-2-1-3-12(14)15)13-8-11(19)7-10-5-6-20-17(10)13/h1-4,7-9,16H,5-6H2. The van der Waals surface area contributed by atoms with E-state index in [-0.39, 0.29) is 4.83 Å². The summed E-state index contributed by atoms with van der Waals surface area (Å²) in [7, 11) is 0. The highest BCUT2D eigenvalue weighted by Gasteiger charge is 2.24. The SMILES string of the molecule is Clc1cc2c(c(C(Br)c3csc4ccccc34)c1)OCC2. The number of halogens is 2. The molecule has 0 saturated carbocycles. The number of thiophene rings is 1.